The van der Waals surface area contributed by atoms with Crippen molar-refractivity contribution in [1.82, 2.24) is 0 Å². The third kappa shape index (κ3) is 4.83. The molecule has 0 saturated carbocycles. The molecule has 0 N–H and O–H groups in total. The van der Waals surface area contributed by atoms with Crippen LogP contribution in [0.15, 0.2) is 224 Å². The van der Waals surface area contributed by atoms with Crippen molar-refractivity contribution in [3.05, 3.63) is 247 Å². The maximum Gasteiger partial charge on any atom is 0.0726 e. The lowest BCUT2D eigenvalue weighted by molar-refractivity contribution is 0.793. The highest BCUT2D eigenvalue weighted by atomic mass is 32.1. The van der Waals surface area contributed by atoms with Gasteiger partial charge in [0.15, 0.2) is 0 Å². The Bertz CT molecular complexity index is 3480. The van der Waals surface area contributed by atoms with Crippen molar-refractivity contribution in [1.29, 1.82) is 0 Å². The van der Waals surface area contributed by atoms with Gasteiger partial charge in [0, 0.05) is 26.7 Å². The van der Waals surface area contributed by atoms with Gasteiger partial charge in [-0.05, 0) is 96.2 Å². The molecule has 2 aliphatic carbocycles. The number of benzene rings is 10. The van der Waals surface area contributed by atoms with Crippen LogP contribution in [-0.4, -0.2) is 0 Å². The van der Waals surface area contributed by atoms with Crippen molar-refractivity contribution < 1.29 is 0 Å². The van der Waals surface area contributed by atoms with E-state index in [9.17, 15) is 0 Å². The molecule has 61 heavy (non-hydrogen) atoms. The molecule has 0 fully saturated rings. The van der Waals surface area contributed by atoms with Gasteiger partial charge in [-0.15, -0.1) is 11.3 Å². The number of para-hydroxylation sites is 1. The zero-order chi connectivity index (χ0) is 40.1. The largest absolute Gasteiger partial charge is 0.308 e. The van der Waals surface area contributed by atoms with Crippen molar-refractivity contribution in [2.24, 2.45) is 0 Å². The van der Waals surface area contributed by atoms with Gasteiger partial charge in [-0.3, -0.25) is 0 Å². The first kappa shape index (κ1) is 34.4. The van der Waals surface area contributed by atoms with Crippen LogP contribution >= 0.6 is 11.3 Å². The molecule has 0 saturated heterocycles. The number of thiophene rings is 1. The summed E-state index contributed by atoms with van der Waals surface area (Å²) in [4.78, 5) is 2.57. The Kier molecular flexibility index (Phi) is 7.46. The number of anilines is 3. The Hall–Kier alpha value is -7.52. The molecular formula is C59H37NS. The second-order valence-corrected chi connectivity index (χ2v) is 17.3. The second kappa shape index (κ2) is 13.2. The van der Waals surface area contributed by atoms with Gasteiger partial charge in [0.25, 0.3) is 0 Å². The van der Waals surface area contributed by atoms with E-state index in [1.807, 2.05) is 11.3 Å². The highest BCUT2D eigenvalue weighted by Gasteiger charge is 2.51. The van der Waals surface area contributed by atoms with Gasteiger partial charge in [0.05, 0.1) is 21.5 Å². The molecule has 0 bridgehead atoms. The number of hydrogen-bond donors (Lipinski definition) is 0. The van der Waals surface area contributed by atoms with Crippen molar-refractivity contribution in [2.45, 2.75) is 5.41 Å². The summed E-state index contributed by atoms with van der Waals surface area (Å²) in [6.45, 7) is 0. The van der Waals surface area contributed by atoms with E-state index in [-0.39, 0.29) is 0 Å². The topological polar surface area (TPSA) is 3.24 Å². The van der Waals surface area contributed by atoms with Crippen LogP contribution in [0.2, 0.25) is 0 Å². The molecule has 0 aliphatic heterocycles. The fourth-order valence-corrected chi connectivity index (χ4v) is 12.2. The first-order valence-electron chi connectivity index (χ1n) is 21.1. The van der Waals surface area contributed by atoms with Gasteiger partial charge < -0.3 is 4.90 Å². The molecular weight excluding hydrogens is 755 g/mol. The molecule has 10 aromatic carbocycles. The fraction of sp³-hybridized carbons (Fsp3) is 0.0169. The third-order valence-corrected chi connectivity index (χ3v) is 14.5. The summed E-state index contributed by atoms with van der Waals surface area (Å²) < 4.78 is 2.58. The van der Waals surface area contributed by atoms with Gasteiger partial charge in [0.2, 0.25) is 0 Å². The third-order valence-electron chi connectivity index (χ3n) is 13.3. The lowest BCUT2D eigenvalue weighted by atomic mass is 9.70. The Morgan fingerprint density at radius 3 is 1.51 bits per heavy atom. The Labute approximate surface area is 359 Å². The van der Waals surface area contributed by atoms with Gasteiger partial charge in [-0.1, -0.05) is 200 Å². The van der Waals surface area contributed by atoms with E-state index in [4.69, 9.17) is 0 Å². The van der Waals surface area contributed by atoms with Crippen molar-refractivity contribution >= 4 is 59.3 Å². The van der Waals surface area contributed by atoms with Crippen molar-refractivity contribution in [3.63, 3.8) is 0 Å². The fourth-order valence-electron chi connectivity index (χ4n) is 10.8. The zero-order valence-electron chi connectivity index (χ0n) is 33.2. The molecule has 0 unspecified atom stereocenters. The molecule has 0 amide bonds. The highest BCUT2D eigenvalue weighted by Crippen LogP contribution is 2.63. The molecule has 11 aromatic rings. The first-order chi connectivity index (χ1) is 30.3. The van der Waals surface area contributed by atoms with E-state index in [0.29, 0.717) is 0 Å². The predicted octanol–water partition coefficient (Wildman–Crippen LogP) is 16.4. The van der Waals surface area contributed by atoms with Crippen LogP contribution in [0.5, 0.6) is 0 Å². The Morgan fingerprint density at radius 2 is 0.836 bits per heavy atom. The average Bonchev–Trinajstić information content (AvgIpc) is 3.97. The van der Waals surface area contributed by atoms with Crippen LogP contribution < -0.4 is 4.90 Å². The molecule has 2 aliphatic rings. The van der Waals surface area contributed by atoms with Gasteiger partial charge in [-0.25, -0.2) is 0 Å². The van der Waals surface area contributed by atoms with Crippen molar-refractivity contribution in [3.8, 4) is 44.5 Å². The Balaban J connectivity index is 1.16. The minimum atomic E-state index is -0.458. The van der Waals surface area contributed by atoms with Gasteiger partial charge >= 0.3 is 0 Å². The monoisotopic (exact) mass is 791 g/mol. The summed E-state index contributed by atoms with van der Waals surface area (Å²) in [6, 6.07) is 83.5. The van der Waals surface area contributed by atoms with Crippen LogP contribution in [-0.2, 0) is 5.41 Å². The van der Waals surface area contributed by atoms with Crippen LogP contribution in [0.25, 0.3) is 75.5 Å². The summed E-state index contributed by atoms with van der Waals surface area (Å²) >= 11 is 1.92. The number of nitrogens with zero attached hydrogens (tertiary/aromatic N) is 1. The zero-order valence-corrected chi connectivity index (χ0v) is 34.0. The van der Waals surface area contributed by atoms with E-state index in [2.05, 4.69) is 229 Å². The smallest absolute Gasteiger partial charge is 0.0726 e. The summed E-state index contributed by atoms with van der Waals surface area (Å²) in [5.41, 5.74) is 18.5. The molecule has 0 radical (unpaired) electrons. The van der Waals surface area contributed by atoms with E-state index in [1.54, 1.807) is 0 Å². The summed E-state index contributed by atoms with van der Waals surface area (Å²) in [5, 5.41) is 5.09. The van der Waals surface area contributed by atoms with E-state index < -0.39 is 5.41 Å². The number of fused-ring (bicyclic) bond motifs is 15. The molecule has 284 valence electrons. The maximum absolute atomic E-state index is 2.57. The van der Waals surface area contributed by atoms with Crippen LogP contribution in [0.4, 0.5) is 17.1 Å². The molecule has 1 spiro atoms. The van der Waals surface area contributed by atoms with Crippen LogP contribution in [0.1, 0.15) is 22.3 Å². The molecule has 1 heterocycles. The lowest BCUT2D eigenvalue weighted by Crippen LogP contribution is -2.26. The molecule has 13 rings (SSSR count). The molecule has 1 nitrogen and oxygen atoms in total. The van der Waals surface area contributed by atoms with E-state index >= 15 is 0 Å². The van der Waals surface area contributed by atoms with Crippen LogP contribution in [0.3, 0.4) is 0 Å². The second-order valence-electron chi connectivity index (χ2n) is 16.3. The van der Waals surface area contributed by atoms with E-state index in [0.717, 1.165) is 11.4 Å². The minimum Gasteiger partial charge on any atom is -0.308 e. The highest BCUT2D eigenvalue weighted by molar-refractivity contribution is 7.27. The summed E-state index contributed by atoms with van der Waals surface area (Å²) in [6.07, 6.45) is 0. The summed E-state index contributed by atoms with van der Waals surface area (Å²) in [7, 11) is 0. The number of rotatable bonds is 5. The molecule has 1 aromatic heterocycles. The van der Waals surface area contributed by atoms with E-state index in [1.165, 1.54) is 103 Å². The maximum atomic E-state index is 2.57. The lowest BCUT2D eigenvalue weighted by Gasteiger charge is -2.33. The Morgan fingerprint density at radius 1 is 0.328 bits per heavy atom. The average molecular weight is 792 g/mol. The minimum absolute atomic E-state index is 0.458. The van der Waals surface area contributed by atoms with Gasteiger partial charge in [-0.2, -0.15) is 0 Å². The quantitative estimate of drug-likeness (QED) is 0.168. The summed E-state index contributed by atoms with van der Waals surface area (Å²) in [5.74, 6) is 0. The van der Waals surface area contributed by atoms with Gasteiger partial charge in [0.1, 0.15) is 0 Å². The molecule has 2 heteroatoms. The first-order valence-corrected chi connectivity index (χ1v) is 21.9. The predicted molar refractivity (Wildman–Crippen MR) is 259 cm³/mol. The van der Waals surface area contributed by atoms with Crippen LogP contribution in [0, 0.1) is 0 Å². The normalized spacial score (nSPS) is 13.0. The number of hydrogen-bond acceptors (Lipinski definition) is 2. The SMILES string of the molecule is c1ccc(-c2ccccc2N(c2ccc3c(c2)C2(c4ccccc4-c4ccccc42)c2ccccc2-3)c2cc3ccccc3c3c2sc2c(-c4ccccc4)cccc23)cc1. The van der Waals surface area contributed by atoms with Crippen molar-refractivity contribution in [2.75, 3.05) is 4.90 Å². The molecule has 0 atom stereocenters. The standard InChI is InChI=1S/C59H37NS/c1-3-18-38(19-4-1)42-23-12-16-33-54(42)60(55-36-40-22-7-8-24-43(40)56-49-29-17-28-44(57(49)61-58(55)56)39-20-5-2-6-21-39)41-34-35-48-47-27-11-15-32-52(47)59(53(48)37-41)50-30-13-9-25-45(50)46-26-10-14-31-51(46)59/h1-37H.